The monoisotopic (exact) mass is 191 g/mol. The Labute approximate surface area is 72.4 Å². The van der Waals surface area contributed by atoms with Crippen LogP contribution in [0.25, 0.3) is 0 Å². The van der Waals surface area contributed by atoms with Crippen molar-refractivity contribution in [2.24, 2.45) is 0 Å². The Morgan fingerprint density at radius 2 is 1.69 bits per heavy atom. The summed E-state index contributed by atoms with van der Waals surface area (Å²) in [6, 6.07) is 0. The summed E-state index contributed by atoms with van der Waals surface area (Å²) in [7, 11) is 0. The van der Waals surface area contributed by atoms with Gasteiger partial charge in [-0.3, -0.25) is 4.79 Å². The molecule has 0 amide bonds. The maximum absolute atomic E-state index is 12.3. The molecule has 1 heterocycles. The summed E-state index contributed by atoms with van der Waals surface area (Å²) >= 11 is 0. The normalized spacial score (nSPS) is 10.4. The number of nitrogens with one attached hydrogen (secondary N) is 1. The van der Waals surface area contributed by atoms with E-state index in [1.165, 1.54) is 0 Å². The molecule has 0 fully saturated rings. The number of halogens is 3. The summed E-state index contributed by atoms with van der Waals surface area (Å²) in [6.07, 6.45) is 1.07. The van der Waals surface area contributed by atoms with Gasteiger partial charge in [-0.1, -0.05) is 0 Å². The number of H-pyrrole nitrogens is 1. The van der Waals surface area contributed by atoms with E-state index in [2.05, 4.69) is 4.98 Å². The number of hydrogen-bond donors (Lipinski definition) is 1. The van der Waals surface area contributed by atoms with Gasteiger partial charge in [-0.2, -0.15) is 0 Å². The highest BCUT2D eigenvalue weighted by Gasteiger charge is 2.11. The number of alkyl halides is 3. The van der Waals surface area contributed by atoms with E-state index >= 15 is 0 Å². The third-order valence-corrected chi connectivity index (χ3v) is 1.81. The number of aromatic nitrogens is 1. The first-order chi connectivity index (χ1) is 6.24. The van der Waals surface area contributed by atoms with E-state index < -0.39 is 25.6 Å². The van der Waals surface area contributed by atoms with Crippen LogP contribution < -0.4 is 5.56 Å². The lowest BCUT2D eigenvalue weighted by molar-refractivity contribution is 0.433. The highest BCUT2D eigenvalue weighted by Crippen LogP contribution is 2.14. The standard InChI is InChI=1S/C8H8F3NO/c9-1-5-4-12-8(13)7(3-11)6(5)2-10/h4H,1-3H2,(H,12,13). The molecule has 1 rings (SSSR count). The van der Waals surface area contributed by atoms with Gasteiger partial charge in [-0.15, -0.1) is 0 Å². The molecule has 13 heavy (non-hydrogen) atoms. The van der Waals surface area contributed by atoms with Gasteiger partial charge in [-0.05, 0) is 0 Å². The van der Waals surface area contributed by atoms with Crippen LogP contribution >= 0.6 is 0 Å². The van der Waals surface area contributed by atoms with E-state index in [-0.39, 0.29) is 16.7 Å². The third-order valence-electron chi connectivity index (χ3n) is 1.81. The van der Waals surface area contributed by atoms with Crippen molar-refractivity contribution in [1.82, 2.24) is 4.98 Å². The molecule has 0 aliphatic heterocycles. The molecule has 0 radical (unpaired) electrons. The summed E-state index contributed by atoms with van der Waals surface area (Å²) in [5, 5.41) is 0. The average molecular weight is 191 g/mol. The van der Waals surface area contributed by atoms with Gasteiger partial charge < -0.3 is 4.98 Å². The summed E-state index contributed by atoms with van der Waals surface area (Å²) in [6.45, 7) is -3.02. The molecule has 1 aromatic rings. The lowest BCUT2D eigenvalue weighted by atomic mass is 10.1. The first kappa shape index (κ1) is 9.83. The molecule has 0 aliphatic carbocycles. The van der Waals surface area contributed by atoms with Crippen LogP contribution in [0, 0.1) is 0 Å². The molecule has 2 nitrogen and oxygen atoms in total. The van der Waals surface area contributed by atoms with Crippen LogP contribution in [0.15, 0.2) is 11.0 Å². The Hall–Kier alpha value is -1.26. The molecular weight excluding hydrogens is 183 g/mol. The van der Waals surface area contributed by atoms with Crippen LogP contribution in [-0.2, 0) is 20.0 Å². The van der Waals surface area contributed by atoms with Crippen molar-refractivity contribution in [2.45, 2.75) is 20.0 Å². The van der Waals surface area contributed by atoms with Crippen LogP contribution in [-0.4, -0.2) is 4.98 Å². The minimum absolute atomic E-state index is 0.00486. The van der Waals surface area contributed by atoms with E-state index in [0.29, 0.717) is 0 Å². The Morgan fingerprint density at radius 3 is 2.15 bits per heavy atom. The van der Waals surface area contributed by atoms with Gasteiger partial charge >= 0.3 is 0 Å². The lowest BCUT2D eigenvalue weighted by Crippen LogP contribution is -2.15. The maximum Gasteiger partial charge on any atom is 0.254 e. The van der Waals surface area contributed by atoms with Crippen molar-refractivity contribution in [1.29, 1.82) is 0 Å². The van der Waals surface area contributed by atoms with Crippen LogP contribution in [0.4, 0.5) is 13.2 Å². The quantitative estimate of drug-likeness (QED) is 0.776. The molecule has 0 spiro atoms. The molecule has 0 aliphatic rings. The van der Waals surface area contributed by atoms with Gasteiger partial charge in [0.25, 0.3) is 5.56 Å². The summed E-state index contributed by atoms with van der Waals surface area (Å²) in [4.78, 5) is 13.1. The molecular formula is C8H8F3NO. The summed E-state index contributed by atoms with van der Waals surface area (Å²) in [5.41, 5.74) is -1.20. The second kappa shape index (κ2) is 4.11. The number of rotatable bonds is 3. The van der Waals surface area contributed by atoms with Crippen molar-refractivity contribution in [3.63, 3.8) is 0 Å². The largest absolute Gasteiger partial charge is 0.328 e. The van der Waals surface area contributed by atoms with E-state index in [1.807, 2.05) is 0 Å². The average Bonchev–Trinajstić information content (AvgIpc) is 2.17. The topological polar surface area (TPSA) is 32.9 Å². The second-order valence-corrected chi connectivity index (χ2v) is 2.50. The minimum atomic E-state index is -1.08. The van der Waals surface area contributed by atoms with Crippen LogP contribution in [0.3, 0.4) is 0 Å². The van der Waals surface area contributed by atoms with Crippen molar-refractivity contribution in [2.75, 3.05) is 0 Å². The van der Waals surface area contributed by atoms with Crippen LogP contribution in [0.2, 0.25) is 0 Å². The fraction of sp³-hybridized carbons (Fsp3) is 0.375. The maximum atomic E-state index is 12.3. The Bertz CT molecular complexity index is 348. The zero-order valence-electron chi connectivity index (χ0n) is 6.74. The fourth-order valence-electron chi connectivity index (χ4n) is 1.08. The Kier molecular flexibility index (Phi) is 3.11. The predicted molar refractivity (Wildman–Crippen MR) is 41.5 cm³/mol. The number of pyridine rings is 1. The van der Waals surface area contributed by atoms with E-state index in [9.17, 15) is 18.0 Å². The molecule has 0 saturated heterocycles. The Morgan fingerprint density at radius 1 is 1.08 bits per heavy atom. The van der Waals surface area contributed by atoms with Crippen molar-refractivity contribution >= 4 is 0 Å². The number of hydrogen-bond acceptors (Lipinski definition) is 1. The molecule has 0 saturated carbocycles. The van der Waals surface area contributed by atoms with Crippen LogP contribution in [0.5, 0.6) is 0 Å². The van der Waals surface area contributed by atoms with Gasteiger partial charge in [-0.25, -0.2) is 13.2 Å². The Balaban J connectivity index is 3.36. The zero-order valence-corrected chi connectivity index (χ0v) is 6.74. The molecule has 5 heteroatoms. The first-order valence-corrected chi connectivity index (χ1v) is 3.64. The van der Waals surface area contributed by atoms with Gasteiger partial charge in [0.2, 0.25) is 0 Å². The lowest BCUT2D eigenvalue weighted by Gasteiger charge is -2.05. The minimum Gasteiger partial charge on any atom is -0.328 e. The van der Waals surface area contributed by atoms with E-state index in [0.717, 1.165) is 6.20 Å². The first-order valence-electron chi connectivity index (χ1n) is 3.64. The van der Waals surface area contributed by atoms with Crippen LogP contribution in [0.1, 0.15) is 16.7 Å². The summed E-state index contributed by atoms with van der Waals surface area (Å²) < 4.78 is 36.8. The molecule has 72 valence electrons. The van der Waals surface area contributed by atoms with Gasteiger partial charge in [0.1, 0.15) is 20.0 Å². The molecule has 1 N–H and O–H groups in total. The van der Waals surface area contributed by atoms with Gasteiger partial charge in [0.15, 0.2) is 0 Å². The number of aromatic amines is 1. The SMILES string of the molecule is O=c1[nH]cc(CF)c(CF)c1CF. The van der Waals surface area contributed by atoms with Gasteiger partial charge in [0, 0.05) is 17.3 Å². The van der Waals surface area contributed by atoms with Crippen molar-refractivity contribution < 1.29 is 13.2 Å². The molecule has 0 aromatic carbocycles. The van der Waals surface area contributed by atoms with Crippen molar-refractivity contribution in [3.8, 4) is 0 Å². The van der Waals surface area contributed by atoms with E-state index in [1.54, 1.807) is 0 Å². The third kappa shape index (κ3) is 1.74. The predicted octanol–water partition coefficient (Wildman–Crippen LogP) is 1.78. The fourth-order valence-corrected chi connectivity index (χ4v) is 1.08. The second-order valence-electron chi connectivity index (χ2n) is 2.50. The zero-order chi connectivity index (χ0) is 9.84. The molecule has 0 atom stereocenters. The summed E-state index contributed by atoms with van der Waals surface area (Å²) in [5.74, 6) is 0. The molecule has 0 bridgehead atoms. The molecule has 0 unspecified atom stereocenters. The molecule has 1 aromatic heterocycles. The smallest absolute Gasteiger partial charge is 0.254 e. The van der Waals surface area contributed by atoms with Gasteiger partial charge in [0.05, 0.1) is 5.56 Å². The van der Waals surface area contributed by atoms with Crippen molar-refractivity contribution in [3.05, 3.63) is 33.2 Å². The highest BCUT2D eigenvalue weighted by atomic mass is 19.1. The highest BCUT2D eigenvalue weighted by molar-refractivity contribution is 5.30. The van der Waals surface area contributed by atoms with E-state index in [4.69, 9.17) is 0 Å².